The van der Waals surface area contributed by atoms with Gasteiger partial charge in [-0.25, -0.2) is 0 Å². The Bertz CT molecular complexity index is 179. The zero-order valence-electron chi connectivity index (χ0n) is 6.09. The normalized spacial score (nSPS) is 12.5. The lowest BCUT2D eigenvalue weighted by Crippen LogP contribution is -2.29. The van der Waals surface area contributed by atoms with Gasteiger partial charge in [-0.3, -0.25) is 4.79 Å². The third-order valence-corrected chi connectivity index (χ3v) is 0.870. The van der Waals surface area contributed by atoms with Crippen molar-refractivity contribution in [3.8, 4) is 6.07 Å². The van der Waals surface area contributed by atoms with Crippen molar-refractivity contribution in [1.29, 1.82) is 5.26 Å². The van der Waals surface area contributed by atoms with Crippen molar-refractivity contribution in [2.75, 3.05) is 0 Å². The van der Waals surface area contributed by atoms with Crippen LogP contribution in [-0.2, 0) is 4.79 Å². The summed E-state index contributed by atoms with van der Waals surface area (Å²) >= 11 is 0. The van der Waals surface area contributed by atoms with Crippen LogP contribution in [0.1, 0.15) is 13.8 Å². The lowest BCUT2D eigenvalue weighted by Gasteiger charge is -2.00. The van der Waals surface area contributed by atoms with Crippen molar-refractivity contribution in [1.82, 2.24) is 5.32 Å². The molecule has 0 saturated carbocycles. The molecule has 0 bridgehead atoms. The molecule has 1 N–H and O–H groups in total. The summed E-state index contributed by atoms with van der Waals surface area (Å²) < 4.78 is 0. The second kappa shape index (κ2) is 4.57. The molecule has 0 aliphatic carbocycles. The van der Waals surface area contributed by atoms with E-state index in [1.807, 2.05) is 6.07 Å². The minimum atomic E-state index is -0.413. The maximum Gasteiger partial charge on any atom is 0.244 e. The molecule has 0 heterocycles. The summed E-state index contributed by atoms with van der Waals surface area (Å²) in [6.45, 7) is 3.37. The van der Waals surface area contributed by atoms with E-state index in [9.17, 15) is 4.79 Å². The van der Waals surface area contributed by atoms with E-state index in [4.69, 9.17) is 5.26 Å². The molecule has 3 nitrogen and oxygen atoms in total. The van der Waals surface area contributed by atoms with Gasteiger partial charge in [-0.05, 0) is 19.9 Å². The Balaban J connectivity index is 3.71. The summed E-state index contributed by atoms with van der Waals surface area (Å²) in [5.41, 5.74) is 0. The van der Waals surface area contributed by atoms with E-state index in [1.165, 1.54) is 6.08 Å². The highest BCUT2D eigenvalue weighted by atomic mass is 16.1. The first-order valence-electron chi connectivity index (χ1n) is 3.03. The molecular formula is C7H10N2O. The fourth-order valence-corrected chi connectivity index (χ4v) is 0.445. The molecule has 10 heavy (non-hydrogen) atoms. The number of nitriles is 1. The lowest BCUT2D eigenvalue weighted by molar-refractivity contribution is -0.116. The van der Waals surface area contributed by atoms with Crippen LogP contribution >= 0.6 is 0 Å². The van der Waals surface area contributed by atoms with Crippen molar-refractivity contribution in [3.05, 3.63) is 12.2 Å². The SMILES string of the molecule is C/C=C/C(=O)N[C@@H](C)C#N. The van der Waals surface area contributed by atoms with Crippen LogP contribution in [-0.4, -0.2) is 11.9 Å². The third-order valence-electron chi connectivity index (χ3n) is 0.870. The zero-order chi connectivity index (χ0) is 7.98. The number of nitrogens with zero attached hydrogens (tertiary/aromatic N) is 1. The maximum absolute atomic E-state index is 10.7. The van der Waals surface area contributed by atoms with Crippen LogP contribution in [0.3, 0.4) is 0 Å². The van der Waals surface area contributed by atoms with Gasteiger partial charge in [-0.1, -0.05) is 6.08 Å². The van der Waals surface area contributed by atoms with Crippen molar-refractivity contribution in [2.45, 2.75) is 19.9 Å². The quantitative estimate of drug-likeness (QED) is 0.568. The van der Waals surface area contributed by atoms with Gasteiger partial charge in [0, 0.05) is 0 Å². The van der Waals surface area contributed by atoms with Gasteiger partial charge in [0.15, 0.2) is 0 Å². The van der Waals surface area contributed by atoms with Crippen LogP contribution in [0.5, 0.6) is 0 Å². The van der Waals surface area contributed by atoms with Gasteiger partial charge in [-0.2, -0.15) is 5.26 Å². The van der Waals surface area contributed by atoms with Gasteiger partial charge in [0.1, 0.15) is 6.04 Å². The molecule has 0 unspecified atom stereocenters. The van der Waals surface area contributed by atoms with Crippen LogP contribution in [0.25, 0.3) is 0 Å². The van der Waals surface area contributed by atoms with E-state index < -0.39 is 6.04 Å². The van der Waals surface area contributed by atoms with Gasteiger partial charge < -0.3 is 5.32 Å². The Kier molecular flexibility index (Phi) is 3.97. The van der Waals surface area contributed by atoms with Gasteiger partial charge in [0.05, 0.1) is 6.07 Å². The average molecular weight is 138 g/mol. The number of rotatable bonds is 2. The largest absolute Gasteiger partial charge is 0.337 e. The van der Waals surface area contributed by atoms with Gasteiger partial charge in [0.25, 0.3) is 0 Å². The molecule has 54 valence electrons. The standard InChI is InChI=1S/C7H10N2O/c1-3-4-7(10)9-6(2)5-8/h3-4,6H,1-2H3,(H,9,10)/b4-3+/t6-/m0/s1. The molecule has 3 heteroatoms. The Labute approximate surface area is 60.3 Å². The van der Waals surface area contributed by atoms with Gasteiger partial charge >= 0.3 is 0 Å². The summed E-state index contributed by atoms with van der Waals surface area (Å²) in [6.07, 6.45) is 3.01. The molecular weight excluding hydrogens is 128 g/mol. The molecule has 0 rings (SSSR count). The fourth-order valence-electron chi connectivity index (χ4n) is 0.445. The smallest absolute Gasteiger partial charge is 0.244 e. The number of carbonyl (C=O) groups is 1. The van der Waals surface area contributed by atoms with E-state index >= 15 is 0 Å². The van der Waals surface area contributed by atoms with Crippen LogP contribution in [0.2, 0.25) is 0 Å². The zero-order valence-corrected chi connectivity index (χ0v) is 6.09. The molecule has 0 aromatic carbocycles. The molecule has 0 aromatic rings. The van der Waals surface area contributed by atoms with E-state index in [0.717, 1.165) is 0 Å². The Morgan fingerprint density at radius 2 is 2.40 bits per heavy atom. The number of hydrogen-bond acceptors (Lipinski definition) is 2. The topological polar surface area (TPSA) is 52.9 Å². The molecule has 0 spiro atoms. The number of amides is 1. The van der Waals surface area contributed by atoms with E-state index in [0.29, 0.717) is 0 Å². The number of carbonyl (C=O) groups excluding carboxylic acids is 1. The number of hydrogen-bond donors (Lipinski definition) is 1. The average Bonchev–Trinajstić information content (AvgIpc) is 1.88. The maximum atomic E-state index is 10.7. The first-order valence-corrected chi connectivity index (χ1v) is 3.03. The Morgan fingerprint density at radius 1 is 1.80 bits per heavy atom. The minimum Gasteiger partial charge on any atom is -0.337 e. The minimum absolute atomic E-state index is 0.225. The number of nitrogens with one attached hydrogen (secondary N) is 1. The molecule has 0 radical (unpaired) electrons. The third kappa shape index (κ3) is 3.67. The summed E-state index contributed by atoms with van der Waals surface area (Å²) in [7, 11) is 0. The molecule has 1 atom stereocenters. The van der Waals surface area contributed by atoms with E-state index in [2.05, 4.69) is 5.32 Å². The number of allylic oxidation sites excluding steroid dienone is 1. The highest BCUT2D eigenvalue weighted by molar-refractivity contribution is 5.87. The second-order valence-electron chi connectivity index (χ2n) is 1.86. The van der Waals surface area contributed by atoms with Crippen LogP contribution in [0.4, 0.5) is 0 Å². The molecule has 0 aliphatic heterocycles. The molecule has 1 amide bonds. The summed E-state index contributed by atoms with van der Waals surface area (Å²) in [5.74, 6) is -0.225. The van der Waals surface area contributed by atoms with Gasteiger partial charge in [0.2, 0.25) is 5.91 Å². The Morgan fingerprint density at radius 3 is 2.80 bits per heavy atom. The van der Waals surface area contributed by atoms with Crippen molar-refractivity contribution < 1.29 is 4.79 Å². The predicted molar refractivity (Wildman–Crippen MR) is 38.0 cm³/mol. The molecule has 0 fully saturated rings. The van der Waals surface area contributed by atoms with Crippen molar-refractivity contribution in [3.63, 3.8) is 0 Å². The molecule has 0 aliphatic rings. The molecule has 0 saturated heterocycles. The van der Waals surface area contributed by atoms with Crippen LogP contribution in [0.15, 0.2) is 12.2 Å². The first-order chi connectivity index (χ1) is 4.70. The molecule has 0 aromatic heterocycles. The lowest BCUT2D eigenvalue weighted by atomic mass is 10.3. The predicted octanol–water partition coefficient (Wildman–Crippen LogP) is 0.591. The summed E-state index contributed by atoms with van der Waals surface area (Å²) in [6, 6.07) is 1.48. The monoisotopic (exact) mass is 138 g/mol. The van der Waals surface area contributed by atoms with E-state index in [-0.39, 0.29) is 5.91 Å². The second-order valence-corrected chi connectivity index (χ2v) is 1.86. The van der Waals surface area contributed by atoms with E-state index in [1.54, 1.807) is 19.9 Å². The Hall–Kier alpha value is -1.30. The van der Waals surface area contributed by atoms with Crippen LogP contribution in [0, 0.1) is 11.3 Å². The van der Waals surface area contributed by atoms with Crippen molar-refractivity contribution in [2.24, 2.45) is 0 Å². The van der Waals surface area contributed by atoms with Crippen LogP contribution < -0.4 is 5.32 Å². The van der Waals surface area contributed by atoms with Crippen molar-refractivity contribution >= 4 is 5.91 Å². The fraction of sp³-hybridized carbons (Fsp3) is 0.429. The summed E-state index contributed by atoms with van der Waals surface area (Å²) in [5, 5.41) is 10.7. The summed E-state index contributed by atoms with van der Waals surface area (Å²) in [4.78, 5) is 10.7. The van der Waals surface area contributed by atoms with Gasteiger partial charge in [-0.15, -0.1) is 0 Å². The first kappa shape index (κ1) is 8.70. The highest BCUT2D eigenvalue weighted by Gasteiger charge is 1.99. The highest BCUT2D eigenvalue weighted by Crippen LogP contribution is 1.78.